The molecule has 1 aromatic rings. The SMILES string of the molecule is CCC1CCC(Sc2ccc(N)c(F)c2)CC1. The number of nitrogens with two attached hydrogens (primary N) is 1. The molecule has 1 saturated carbocycles. The van der Waals surface area contributed by atoms with Crippen molar-refractivity contribution < 1.29 is 4.39 Å². The molecule has 1 fully saturated rings. The van der Waals surface area contributed by atoms with Crippen LogP contribution in [-0.2, 0) is 0 Å². The summed E-state index contributed by atoms with van der Waals surface area (Å²) in [6, 6.07) is 5.15. The van der Waals surface area contributed by atoms with E-state index < -0.39 is 0 Å². The molecule has 0 aromatic heterocycles. The number of halogens is 1. The van der Waals surface area contributed by atoms with Gasteiger partial charge in [-0.2, -0.15) is 0 Å². The maximum absolute atomic E-state index is 13.3. The van der Waals surface area contributed by atoms with Gasteiger partial charge in [0.15, 0.2) is 0 Å². The van der Waals surface area contributed by atoms with Crippen LogP contribution >= 0.6 is 11.8 Å². The number of rotatable bonds is 3. The summed E-state index contributed by atoms with van der Waals surface area (Å²) < 4.78 is 13.3. The Morgan fingerprint density at radius 3 is 2.59 bits per heavy atom. The van der Waals surface area contributed by atoms with Crippen molar-refractivity contribution in [1.82, 2.24) is 0 Å². The highest BCUT2D eigenvalue weighted by Crippen LogP contribution is 2.37. The zero-order valence-electron chi connectivity index (χ0n) is 10.3. The zero-order valence-corrected chi connectivity index (χ0v) is 11.1. The van der Waals surface area contributed by atoms with E-state index in [2.05, 4.69) is 6.92 Å². The van der Waals surface area contributed by atoms with E-state index in [0.717, 1.165) is 10.8 Å². The van der Waals surface area contributed by atoms with Gasteiger partial charge in [0.1, 0.15) is 5.82 Å². The fourth-order valence-electron chi connectivity index (χ4n) is 2.43. The van der Waals surface area contributed by atoms with E-state index in [4.69, 9.17) is 5.73 Å². The average molecular weight is 253 g/mol. The Balaban J connectivity index is 1.91. The zero-order chi connectivity index (χ0) is 12.3. The third-order valence-electron chi connectivity index (χ3n) is 3.65. The van der Waals surface area contributed by atoms with Crippen molar-refractivity contribution in [2.45, 2.75) is 49.2 Å². The standard InChI is InChI=1S/C14H20FNS/c1-2-10-3-5-11(6-4-10)17-12-7-8-14(16)13(15)9-12/h7-11H,2-6,16H2,1H3. The van der Waals surface area contributed by atoms with Crippen molar-refractivity contribution in [3.63, 3.8) is 0 Å². The normalized spacial score (nSPS) is 24.8. The van der Waals surface area contributed by atoms with Crippen LogP contribution in [-0.4, -0.2) is 5.25 Å². The van der Waals surface area contributed by atoms with Crippen molar-refractivity contribution in [1.29, 1.82) is 0 Å². The molecule has 94 valence electrons. The van der Waals surface area contributed by atoms with E-state index in [0.29, 0.717) is 5.25 Å². The van der Waals surface area contributed by atoms with E-state index in [1.807, 2.05) is 6.07 Å². The van der Waals surface area contributed by atoms with Crippen LogP contribution in [0, 0.1) is 11.7 Å². The van der Waals surface area contributed by atoms with Gasteiger partial charge in [-0.3, -0.25) is 0 Å². The Bertz CT molecular complexity index is 372. The van der Waals surface area contributed by atoms with Crippen LogP contribution in [0.1, 0.15) is 39.0 Å². The first-order valence-corrected chi connectivity index (χ1v) is 7.28. The first-order valence-electron chi connectivity index (χ1n) is 6.40. The second-order valence-corrected chi connectivity index (χ2v) is 6.23. The summed E-state index contributed by atoms with van der Waals surface area (Å²) in [6.45, 7) is 2.27. The highest BCUT2D eigenvalue weighted by molar-refractivity contribution is 8.00. The Hall–Kier alpha value is -0.700. The lowest BCUT2D eigenvalue weighted by molar-refractivity contribution is 0.356. The van der Waals surface area contributed by atoms with Crippen LogP contribution < -0.4 is 5.73 Å². The average Bonchev–Trinajstić information content (AvgIpc) is 2.35. The van der Waals surface area contributed by atoms with Gasteiger partial charge in [-0.25, -0.2) is 4.39 Å². The van der Waals surface area contributed by atoms with Crippen LogP contribution in [0.15, 0.2) is 23.1 Å². The van der Waals surface area contributed by atoms with Gasteiger partial charge in [-0.05, 0) is 49.8 Å². The molecule has 3 heteroatoms. The monoisotopic (exact) mass is 253 g/mol. The highest BCUT2D eigenvalue weighted by atomic mass is 32.2. The van der Waals surface area contributed by atoms with Gasteiger partial charge < -0.3 is 5.73 Å². The topological polar surface area (TPSA) is 26.0 Å². The third kappa shape index (κ3) is 3.38. The largest absolute Gasteiger partial charge is 0.396 e. The molecular formula is C14H20FNS. The predicted molar refractivity (Wildman–Crippen MR) is 72.7 cm³/mol. The van der Waals surface area contributed by atoms with Crippen molar-refractivity contribution in [3.8, 4) is 0 Å². The summed E-state index contributed by atoms with van der Waals surface area (Å²) >= 11 is 1.80. The molecule has 0 unspecified atom stereocenters. The summed E-state index contributed by atoms with van der Waals surface area (Å²) in [6.07, 6.45) is 6.47. The minimum Gasteiger partial charge on any atom is -0.396 e. The van der Waals surface area contributed by atoms with Crippen LogP contribution in [0.4, 0.5) is 10.1 Å². The molecule has 0 aliphatic heterocycles. The summed E-state index contributed by atoms with van der Waals surface area (Å²) in [4.78, 5) is 1.01. The quantitative estimate of drug-likeness (QED) is 0.804. The van der Waals surface area contributed by atoms with Gasteiger partial charge in [0.2, 0.25) is 0 Å². The minimum atomic E-state index is -0.294. The van der Waals surface area contributed by atoms with Crippen LogP contribution in [0.25, 0.3) is 0 Å². The van der Waals surface area contributed by atoms with Gasteiger partial charge in [-0.15, -0.1) is 11.8 Å². The lowest BCUT2D eigenvalue weighted by Gasteiger charge is -2.27. The fourth-order valence-corrected chi connectivity index (χ4v) is 3.64. The first-order chi connectivity index (χ1) is 8.19. The van der Waals surface area contributed by atoms with Gasteiger partial charge >= 0.3 is 0 Å². The van der Waals surface area contributed by atoms with Crippen molar-refractivity contribution in [3.05, 3.63) is 24.0 Å². The van der Waals surface area contributed by atoms with Crippen LogP contribution in [0.2, 0.25) is 0 Å². The van der Waals surface area contributed by atoms with E-state index >= 15 is 0 Å². The summed E-state index contributed by atoms with van der Waals surface area (Å²) in [5.41, 5.74) is 5.71. The molecule has 1 nitrogen and oxygen atoms in total. The molecule has 0 bridgehead atoms. The Morgan fingerprint density at radius 1 is 1.29 bits per heavy atom. The number of anilines is 1. The summed E-state index contributed by atoms with van der Waals surface area (Å²) in [5, 5.41) is 0.654. The van der Waals surface area contributed by atoms with Gasteiger partial charge in [0, 0.05) is 10.1 Å². The summed E-state index contributed by atoms with van der Waals surface area (Å²) in [7, 11) is 0. The maximum atomic E-state index is 13.3. The molecule has 0 atom stereocenters. The molecule has 0 heterocycles. The second-order valence-electron chi connectivity index (χ2n) is 4.85. The molecular weight excluding hydrogens is 233 g/mol. The Kier molecular flexibility index (Phi) is 4.32. The van der Waals surface area contributed by atoms with Crippen LogP contribution in [0.5, 0.6) is 0 Å². The number of thioether (sulfide) groups is 1. The minimum absolute atomic E-state index is 0.240. The molecule has 1 aromatic carbocycles. The van der Waals surface area contributed by atoms with Crippen LogP contribution in [0.3, 0.4) is 0 Å². The van der Waals surface area contributed by atoms with Gasteiger partial charge in [0.05, 0.1) is 5.69 Å². The van der Waals surface area contributed by atoms with Crippen molar-refractivity contribution in [2.75, 3.05) is 5.73 Å². The van der Waals surface area contributed by atoms with Gasteiger partial charge in [-0.1, -0.05) is 13.3 Å². The Labute approximate surface area is 107 Å². The maximum Gasteiger partial charge on any atom is 0.147 e. The number of benzene rings is 1. The lowest BCUT2D eigenvalue weighted by Crippen LogP contribution is -2.15. The number of hydrogen-bond donors (Lipinski definition) is 1. The highest BCUT2D eigenvalue weighted by Gasteiger charge is 2.20. The fraction of sp³-hybridized carbons (Fsp3) is 0.571. The summed E-state index contributed by atoms with van der Waals surface area (Å²) in [5.74, 6) is 0.618. The molecule has 0 radical (unpaired) electrons. The molecule has 1 aliphatic carbocycles. The number of hydrogen-bond acceptors (Lipinski definition) is 2. The lowest BCUT2D eigenvalue weighted by atomic mass is 9.87. The first kappa shape index (κ1) is 12.7. The Morgan fingerprint density at radius 2 is 2.00 bits per heavy atom. The molecule has 2 rings (SSSR count). The van der Waals surface area contributed by atoms with E-state index in [1.54, 1.807) is 23.9 Å². The van der Waals surface area contributed by atoms with Crippen molar-refractivity contribution >= 4 is 17.4 Å². The van der Waals surface area contributed by atoms with Crippen molar-refractivity contribution in [2.24, 2.45) is 5.92 Å². The predicted octanol–water partition coefficient (Wildman–Crippen LogP) is 4.47. The molecule has 0 amide bonds. The molecule has 0 saturated heterocycles. The second kappa shape index (κ2) is 5.76. The van der Waals surface area contributed by atoms with Gasteiger partial charge in [0.25, 0.3) is 0 Å². The molecule has 0 spiro atoms. The van der Waals surface area contributed by atoms with E-state index in [9.17, 15) is 4.39 Å². The smallest absolute Gasteiger partial charge is 0.147 e. The van der Waals surface area contributed by atoms with E-state index in [-0.39, 0.29) is 11.5 Å². The molecule has 1 aliphatic rings. The molecule has 2 N–H and O–H groups in total. The van der Waals surface area contributed by atoms with E-state index in [1.165, 1.54) is 32.1 Å². The molecule has 17 heavy (non-hydrogen) atoms. The number of nitrogen functional groups attached to an aromatic ring is 1. The third-order valence-corrected chi connectivity index (χ3v) is 4.98.